The number of aliphatic imine (C=N–C) groups is 1. The van der Waals surface area contributed by atoms with Crippen LogP contribution in [0.1, 0.15) is 40.5 Å². The molecule has 0 radical (unpaired) electrons. The smallest absolute Gasteiger partial charge is 0.191 e. The Morgan fingerprint density at radius 3 is 2.45 bits per heavy atom. The number of halogens is 1. The van der Waals surface area contributed by atoms with Crippen LogP contribution in [0.15, 0.2) is 4.99 Å². The van der Waals surface area contributed by atoms with Crippen molar-refractivity contribution in [3.8, 4) is 0 Å². The fourth-order valence-electron chi connectivity index (χ4n) is 2.71. The zero-order valence-corrected chi connectivity index (χ0v) is 15.9. The van der Waals surface area contributed by atoms with Gasteiger partial charge in [0.15, 0.2) is 5.96 Å². The Bertz CT molecular complexity index is 261. The molecule has 1 atom stereocenters. The van der Waals surface area contributed by atoms with E-state index in [1.165, 1.54) is 32.5 Å². The normalized spacial score (nSPS) is 19.4. The Balaban J connectivity index is 0.00000361. The van der Waals surface area contributed by atoms with Gasteiger partial charge in [0.2, 0.25) is 0 Å². The van der Waals surface area contributed by atoms with E-state index >= 15 is 0 Å². The highest BCUT2D eigenvalue weighted by Crippen LogP contribution is 2.17. The number of hydrogen-bond donors (Lipinski definition) is 2. The third kappa shape index (κ3) is 8.29. The van der Waals surface area contributed by atoms with Crippen LogP contribution < -0.4 is 10.6 Å². The summed E-state index contributed by atoms with van der Waals surface area (Å²) in [5.74, 6) is 2.45. The van der Waals surface area contributed by atoms with Crippen molar-refractivity contribution < 1.29 is 0 Å². The Labute approximate surface area is 142 Å². The summed E-state index contributed by atoms with van der Waals surface area (Å²) < 4.78 is 0. The second kappa shape index (κ2) is 11.6. The zero-order chi connectivity index (χ0) is 14.1. The second-order valence-electron chi connectivity index (χ2n) is 5.91. The highest BCUT2D eigenvalue weighted by atomic mass is 127. The van der Waals surface area contributed by atoms with Crippen LogP contribution >= 0.6 is 24.0 Å². The van der Waals surface area contributed by atoms with Gasteiger partial charge in [0, 0.05) is 32.7 Å². The number of nitrogens with one attached hydrogen (secondary N) is 2. The summed E-state index contributed by atoms with van der Waals surface area (Å²) in [6.07, 6.45) is 2.65. The SMILES string of the molecule is CCNC(=NCC1CCCN(CC(C)C)C1)NCC.I. The van der Waals surface area contributed by atoms with Gasteiger partial charge in [-0.25, -0.2) is 0 Å². The van der Waals surface area contributed by atoms with Gasteiger partial charge in [-0.3, -0.25) is 4.99 Å². The molecule has 0 amide bonds. The Hall–Kier alpha value is -0.0400. The fraction of sp³-hybridized carbons (Fsp3) is 0.933. The molecule has 1 unspecified atom stereocenters. The van der Waals surface area contributed by atoms with E-state index in [4.69, 9.17) is 4.99 Å². The summed E-state index contributed by atoms with van der Waals surface area (Å²) >= 11 is 0. The molecule has 1 aliphatic rings. The van der Waals surface area contributed by atoms with Crippen LogP contribution in [0.4, 0.5) is 0 Å². The van der Waals surface area contributed by atoms with E-state index in [2.05, 4.69) is 43.2 Å². The van der Waals surface area contributed by atoms with Gasteiger partial charge in [-0.15, -0.1) is 24.0 Å². The zero-order valence-electron chi connectivity index (χ0n) is 13.6. The lowest BCUT2D eigenvalue weighted by Gasteiger charge is -2.33. The molecular weight excluding hydrogens is 363 g/mol. The number of rotatable bonds is 6. The van der Waals surface area contributed by atoms with Crippen LogP contribution in [-0.4, -0.2) is 50.1 Å². The van der Waals surface area contributed by atoms with Crippen molar-refractivity contribution in [1.82, 2.24) is 15.5 Å². The highest BCUT2D eigenvalue weighted by Gasteiger charge is 2.20. The minimum Gasteiger partial charge on any atom is -0.357 e. The molecule has 120 valence electrons. The summed E-state index contributed by atoms with van der Waals surface area (Å²) in [6, 6.07) is 0. The monoisotopic (exact) mass is 396 g/mol. The summed E-state index contributed by atoms with van der Waals surface area (Å²) in [5.41, 5.74) is 0. The first-order valence-electron chi connectivity index (χ1n) is 7.90. The Kier molecular flexibility index (Phi) is 11.6. The Morgan fingerprint density at radius 1 is 1.25 bits per heavy atom. The van der Waals surface area contributed by atoms with E-state index < -0.39 is 0 Å². The van der Waals surface area contributed by atoms with Crippen molar-refractivity contribution >= 4 is 29.9 Å². The molecule has 0 aliphatic carbocycles. The molecule has 1 fully saturated rings. The lowest BCUT2D eigenvalue weighted by molar-refractivity contribution is 0.162. The van der Waals surface area contributed by atoms with E-state index in [9.17, 15) is 0 Å². The maximum atomic E-state index is 4.71. The molecule has 20 heavy (non-hydrogen) atoms. The fourth-order valence-corrected chi connectivity index (χ4v) is 2.71. The lowest BCUT2D eigenvalue weighted by atomic mass is 9.97. The first-order chi connectivity index (χ1) is 9.15. The first kappa shape index (κ1) is 20.0. The number of nitrogens with zero attached hydrogens (tertiary/aromatic N) is 2. The predicted molar refractivity (Wildman–Crippen MR) is 99.1 cm³/mol. The Morgan fingerprint density at radius 2 is 1.90 bits per heavy atom. The molecule has 4 nitrogen and oxygen atoms in total. The molecule has 1 rings (SSSR count). The standard InChI is InChI=1S/C15H32N4.HI/c1-5-16-15(17-6-2)18-10-14-8-7-9-19(12-14)11-13(3)4;/h13-14H,5-12H2,1-4H3,(H2,16,17,18);1H. The van der Waals surface area contributed by atoms with Crippen LogP contribution in [0.5, 0.6) is 0 Å². The molecule has 0 saturated carbocycles. The molecule has 1 heterocycles. The van der Waals surface area contributed by atoms with Gasteiger partial charge in [0.25, 0.3) is 0 Å². The molecule has 0 spiro atoms. The number of guanidine groups is 1. The van der Waals surface area contributed by atoms with Gasteiger partial charge in [0.05, 0.1) is 0 Å². The van der Waals surface area contributed by atoms with Crippen molar-refractivity contribution in [3.63, 3.8) is 0 Å². The third-order valence-electron chi connectivity index (χ3n) is 3.42. The molecule has 5 heteroatoms. The van der Waals surface area contributed by atoms with Crippen LogP contribution in [0.2, 0.25) is 0 Å². The molecule has 1 saturated heterocycles. The average molecular weight is 396 g/mol. The topological polar surface area (TPSA) is 39.7 Å². The van der Waals surface area contributed by atoms with Crippen LogP contribution in [0, 0.1) is 11.8 Å². The number of hydrogen-bond acceptors (Lipinski definition) is 2. The summed E-state index contributed by atoms with van der Waals surface area (Å²) in [5, 5.41) is 6.58. The molecule has 2 N–H and O–H groups in total. The summed E-state index contributed by atoms with van der Waals surface area (Å²) in [4.78, 5) is 7.31. The largest absolute Gasteiger partial charge is 0.357 e. The van der Waals surface area contributed by atoms with Gasteiger partial charge >= 0.3 is 0 Å². The van der Waals surface area contributed by atoms with Crippen molar-refractivity contribution in [2.75, 3.05) is 39.3 Å². The molecular formula is C15H33IN4. The van der Waals surface area contributed by atoms with E-state index in [-0.39, 0.29) is 24.0 Å². The second-order valence-corrected chi connectivity index (χ2v) is 5.91. The van der Waals surface area contributed by atoms with E-state index in [1.807, 2.05) is 0 Å². The van der Waals surface area contributed by atoms with E-state index in [1.54, 1.807) is 0 Å². The van der Waals surface area contributed by atoms with E-state index in [0.717, 1.165) is 37.4 Å². The lowest BCUT2D eigenvalue weighted by Crippen LogP contribution is -2.40. The number of likely N-dealkylation sites (tertiary alicyclic amines) is 1. The minimum absolute atomic E-state index is 0. The van der Waals surface area contributed by atoms with Gasteiger partial charge in [-0.05, 0) is 45.1 Å². The highest BCUT2D eigenvalue weighted by molar-refractivity contribution is 14.0. The summed E-state index contributed by atoms with van der Waals surface area (Å²) in [6.45, 7) is 15.3. The van der Waals surface area contributed by atoms with Crippen molar-refractivity contribution in [2.45, 2.75) is 40.5 Å². The first-order valence-corrected chi connectivity index (χ1v) is 7.90. The van der Waals surface area contributed by atoms with Gasteiger partial charge in [0.1, 0.15) is 0 Å². The summed E-state index contributed by atoms with van der Waals surface area (Å²) in [7, 11) is 0. The quantitative estimate of drug-likeness (QED) is 0.412. The molecule has 0 bridgehead atoms. The maximum Gasteiger partial charge on any atom is 0.191 e. The molecule has 0 aromatic rings. The molecule has 0 aromatic heterocycles. The molecule has 0 aromatic carbocycles. The average Bonchev–Trinajstić information content (AvgIpc) is 2.36. The van der Waals surface area contributed by atoms with Crippen LogP contribution in [0.3, 0.4) is 0 Å². The predicted octanol–water partition coefficient (Wildman–Crippen LogP) is 2.55. The van der Waals surface area contributed by atoms with Crippen LogP contribution in [0.25, 0.3) is 0 Å². The van der Waals surface area contributed by atoms with Gasteiger partial charge in [-0.2, -0.15) is 0 Å². The number of piperidine rings is 1. The third-order valence-corrected chi connectivity index (χ3v) is 3.42. The van der Waals surface area contributed by atoms with Crippen molar-refractivity contribution in [3.05, 3.63) is 0 Å². The molecule has 1 aliphatic heterocycles. The minimum atomic E-state index is 0. The van der Waals surface area contributed by atoms with Gasteiger partial charge in [-0.1, -0.05) is 13.8 Å². The van der Waals surface area contributed by atoms with Gasteiger partial charge < -0.3 is 15.5 Å². The van der Waals surface area contributed by atoms with Crippen molar-refractivity contribution in [1.29, 1.82) is 0 Å². The maximum absolute atomic E-state index is 4.71. The van der Waals surface area contributed by atoms with E-state index in [0.29, 0.717) is 0 Å². The van der Waals surface area contributed by atoms with Crippen LogP contribution in [-0.2, 0) is 0 Å². The van der Waals surface area contributed by atoms with Crippen molar-refractivity contribution in [2.24, 2.45) is 16.8 Å².